The second-order valence-corrected chi connectivity index (χ2v) is 12.7. The lowest BCUT2D eigenvalue weighted by Gasteiger charge is -2.37. The molecule has 0 saturated heterocycles. The molecule has 4 aromatic carbocycles. The van der Waals surface area contributed by atoms with E-state index in [1.807, 2.05) is 24.3 Å². The van der Waals surface area contributed by atoms with Gasteiger partial charge in [-0.15, -0.1) is 0 Å². The molecule has 48 heavy (non-hydrogen) atoms. The van der Waals surface area contributed by atoms with Crippen LogP contribution >= 0.6 is 0 Å². The van der Waals surface area contributed by atoms with E-state index in [4.69, 9.17) is 28.4 Å². The minimum atomic E-state index is -0.121. The summed E-state index contributed by atoms with van der Waals surface area (Å²) in [5.41, 5.74) is 5.51. The van der Waals surface area contributed by atoms with Gasteiger partial charge in [-0.3, -0.25) is 9.80 Å². The fourth-order valence-electron chi connectivity index (χ4n) is 7.55. The van der Waals surface area contributed by atoms with Crippen molar-refractivity contribution in [3.8, 4) is 57.5 Å². The topological polar surface area (TPSA) is 102 Å². The molecule has 10 rings (SSSR count). The van der Waals surface area contributed by atoms with Crippen LogP contribution in [0, 0.1) is 0 Å². The average molecular weight is 655 g/mol. The van der Waals surface area contributed by atoms with Crippen LogP contribution in [-0.4, -0.2) is 75.6 Å². The van der Waals surface area contributed by atoms with Crippen LogP contribution in [0.5, 0.6) is 57.5 Å². The van der Waals surface area contributed by atoms with Crippen molar-refractivity contribution in [3.63, 3.8) is 0 Å². The molecule has 0 amide bonds. The number of hydrogen-bond acceptors (Lipinski definition) is 10. The van der Waals surface area contributed by atoms with Crippen molar-refractivity contribution < 1.29 is 38.6 Å². The quantitative estimate of drug-likeness (QED) is 0.251. The lowest BCUT2D eigenvalue weighted by molar-refractivity contribution is 0.216. The van der Waals surface area contributed by atoms with Gasteiger partial charge in [0.05, 0.1) is 28.4 Å². The van der Waals surface area contributed by atoms with Gasteiger partial charge in [-0.2, -0.15) is 0 Å². The normalized spacial score (nSPS) is 18.9. The van der Waals surface area contributed by atoms with E-state index >= 15 is 0 Å². The van der Waals surface area contributed by atoms with Gasteiger partial charge in [-0.05, 0) is 75.2 Å². The Balaban J connectivity index is 1.44. The lowest BCUT2D eigenvalue weighted by Crippen LogP contribution is -2.34. The molecule has 6 aliphatic rings. The standard InChI is InChI=1S/C38H42N2O8/c1-39-17-15-25-29-27(39)19-21-7-11-24(12-8-21)48-34-30-26(32(42)36(44-4)38(34)46-6)16-18-40(2)28(30)20-22-9-13-23(14-10-22)47-33(29)37(45-5)35(43-3)31(25)41/h7-14,27-28,41-42H,15-20H2,1-6H3/t27-,28-/m1/s1. The number of benzene rings is 4. The van der Waals surface area contributed by atoms with Gasteiger partial charge in [0.2, 0.25) is 23.0 Å². The summed E-state index contributed by atoms with van der Waals surface area (Å²) < 4.78 is 36.5. The molecule has 4 bridgehead atoms. The molecular formula is C38H42N2O8. The van der Waals surface area contributed by atoms with Gasteiger partial charge in [0, 0.05) is 47.4 Å². The Kier molecular flexibility index (Phi) is 8.39. The molecule has 0 saturated carbocycles. The fraction of sp³-hybridized carbons (Fsp3) is 0.368. The summed E-state index contributed by atoms with van der Waals surface area (Å²) in [4.78, 5) is 4.56. The highest BCUT2D eigenvalue weighted by atomic mass is 16.5. The third-order valence-corrected chi connectivity index (χ3v) is 10.1. The van der Waals surface area contributed by atoms with Crippen molar-refractivity contribution in [2.75, 3.05) is 55.6 Å². The molecule has 6 aliphatic heterocycles. The summed E-state index contributed by atoms with van der Waals surface area (Å²) in [7, 11) is 10.4. The highest BCUT2D eigenvalue weighted by Gasteiger charge is 2.38. The summed E-state index contributed by atoms with van der Waals surface area (Å²) in [6, 6.07) is 15.8. The monoisotopic (exact) mass is 654 g/mol. The first-order valence-corrected chi connectivity index (χ1v) is 16.2. The number of phenolic OH excluding ortho intramolecular Hbond substituents is 2. The maximum absolute atomic E-state index is 11.4. The van der Waals surface area contributed by atoms with Crippen LogP contribution in [0.2, 0.25) is 0 Å². The minimum absolute atomic E-state index is 0.0843. The van der Waals surface area contributed by atoms with Crippen molar-refractivity contribution in [3.05, 3.63) is 81.9 Å². The Morgan fingerprint density at radius 3 is 1.25 bits per heavy atom. The first-order chi connectivity index (χ1) is 23.3. The second kappa shape index (κ2) is 12.7. The van der Waals surface area contributed by atoms with E-state index in [1.54, 1.807) is 14.2 Å². The van der Waals surface area contributed by atoms with E-state index in [9.17, 15) is 10.2 Å². The molecule has 2 atom stereocenters. The van der Waals surface area contributed by atoms with Crippen LogP contribution in [0.1, 0.15) is 45.5 Å². The third-order valence-electron chi connectivity index (χ3n) is 10.1. The molecule has 252 valence electrons. The maximum Gasteiger partial charge on any atom is 0.208 e. The van der Waals surface area contributed by atoms with E-state index in [1.165, 1.54) is 14.2 Å². The van der Waals surface area contributed by atoms with Crippen LogP contribution in [-0.2, 0) is 25.7 Å². The summed E-state index contributed by atoms with van der Waals surface area (Å²) in [6.07, 6.45) is 2.56. The number of likely N-dealkylation sites (N-methyl/N-ethyl adjacent to an activating group) is 2. The van der Waals surface area contributed by atoms with Crippen LogP contribution in [0.25, 0.3) is 0 Å². The first-order valence-electron chi connectivity index (χ1n) is 16.2. The highest BCUT2D eigenvalue weighted by molar-refractivity contribution is 5.70. The van der Waals surface area contributed by atoms with Crippen molar-refractivity contribution in [1.82, 2.24) is 9.80 Å². The van der Waals surface area contributed by atoms with E-state index in [0.717, 1.165) is 46.5 Å². The SMILES string of the molecule is COc1c(O)c2c3c(c1OC)Oc1ccc(cc1)C[C@@H]1c4c(c(O)c(OC)c(OC)c4Oc4ccc(cc4)C[C@H]3N(C)CC2)CCN1C. The predicted octanol–water partition coefficient (Wildman–Crippen LogP) is 6.57. The zero-order chi connectivity index (χ0) is 33.7. The molecule has 0 radical (unpaired) electrons. The molecule has 6 heterocycles. The number of hydrogen-bond donors (Lipinski definition) is 2. The van der Waals surface area contributed by atoms with Gasteiger partial charge in [-0.25, -0.2) is 0 Å². The van der Waals surface area contributed by atoms with E-state index in [0.29, 0.717) is 60.2 Å². The maximum atomic E-state index is 11.4. The number of aromatic hydroxyl groups is 2. The van der Waals surface area contributed by atoms with E-state index in [-0.39, 0.29) is 35.1 Å². The zero-order valence-electron chi connectivity index (χ0n) is 28.3. The van der Waals surface area contributed by atoms with Crippen LogP contribution in [0.4, 0.5) is 0 Å². The summed E-state index contributed by atoms with van der Waals surface area (Å²) >= 11 is 0. The van der Waals surface area contributed by atoms with Crippen LogP contribution < -0.4 is 28.4 Å². The summed E-state index contributed by atoms with van der Waals surface area (Å²) in [5, 5.41) is 22.8. The molecular weight excluding hydrogens is 612 g/mol. The molecule has 0 aromatic heterocycles. The first kappa shape index (κ1) is 31.8. The van der Waals surface area contributed by atoms with Gasteiger partial charge >= 0.3 is 0 Å². The zero-order valence-corrected chi connectivity index (χ0v) is 28.3. The van der Waals surface area contributed by atoms with E-state index in [2.05, 4.69) is 48.2 Å². The molecule has 0 aliphatic carbocycles. The molecule has 4 aromatic rings. The van der Waals surface area contributed by atoms with Crippen molar-refractivity contribution in [1.29, 1.82) is 0 Å². The Morgan fingerprint density at radius 2 is 0.917 bits per heavy atom. The van der Waals surface area contributed by atoms with Crippen molar-refractivity contribution in [2.24, 2.45) is 0 Å². The number of methoxy groups -OCH3 is 4. The van der Waals surface area contributed by atoms with Gasteiger partial charge in [-0.1, -0.05) is 24.3 Å². The highest BCUT2D eigenvalue weighted by Crippen LogP contribution is 2.56. The molecule has 0 unspecified atom stereocenters. The smallest absolute Gasteiger partial charge is 0.208 e. The lowest BCUT2D eigenvalue weighted by atomic mass is 9.86. The molecule has 2 N–H and O–H groups in total. The number of ether oxygens (including phenoxy) is 6. The predicted molar refractivity (Wildman–Crippen MR) is 181 cm³/mol. The van der Waals surface area contributed by atoms with Crippen LogP contribution in [0.3, 0.4) is 0 Å². The molecule has 0 fully saturated rings. The van der Waals surface area contributed by atoms with E-state index < -0.39 is 0 Å². The molecule has 10 nitrogen and oxygen atoms in total. The Morgan fingerprint density at radius 1 is 0.562 bits per heavy atom. The Labute approximate surface area is 280 Å². The van der Waals surface area contributed by atoms with Gasteiger partial charge < -0.3 is 38.6 Å². The van der Waals surface area contributed by atoms with Gasteiger partial charge in [0.15, 0.2) is 23.0 Å². The Hall–Kier alpha value is -4.80. The third kappa shape index (κ3) is 5.20. The van der Waals surface area contributed by atoms with Crippen molar-refractivity contribution >= 4 is 0 Å². The fourth-order valence-corrected chi connectivity index (χ4v) is 7.55. The largest absolute Gasteiger partial charge is 0.504 e. The summed E-state index contributed by atoms with van der Waals surface area (Å²) in [6.45, 7) is 1.50. The van der Waals surface area contributed by atoms with Crippen LogP contribution in [0.15, 0.2) is 48.5 Å². The number of phenols is 2. The van der Waals surface area contributed by atoms with Gasteiger partial charge in [0.25, 0.3) is 0 Å². The Bertz CT molecular complexity index is 1710. The second-order valence-electron chi connectivity index (χ2n) is 12.7. The number of rotatable bonds is 4. The summed E-state index contributed by atoms with van der Waals surface area (Å²) in [5.74, 6) is 3.75. The number of nitrogens with zero attached hydrogens (tertiary/aromatic N) is 2. The van der Waals surface area contributed by atoms with Crippen molar-refractivity contribution in [2.45, 2.75) is 37.8 Å². The molecule has 0 spiro atoms. The minimum Gasteiger partial charge on any atom is -0.504 e. The molecule has 10 heteroatoms. The average Bonchev–Trinajstić information content (AvgIpc) is 3.09. The van der Waals surface area contributed by atoms with Gasteiger partial charge in [0.1, 0.15) is 11.5 Å².